The molecule has 3 rings (SSSR count). The quantitative estimate of drug-likeness (QED) is 0.795. The molecule has 108 valence electrons. The Morgan fingerprint density at radius 3 is 2.67 bits per heavy atom. The number of rotatable bonds is 4. The zero-order valence-electron chi connectivity index (χ0n) is 11.2. The van der Waals surface area contributed by atoms with Crippen molar-refractivity contribution < 1.29 is 9.59 Å². The van der Waals surface area contributed by atoms with Crippen LogP contribution in [0.4, 0.5) is 5.69 Å². The van der Waals surface area contributed by atoms with E-state index in [1.807, 2.05) is 0 Å². The van der Waals surface area contributed by atoms with E-state index >= 15 is 0 Å². The lowest BCUT2D eigenvalue weighted by Gasteiger charge is -2.07. The largest absolute Gasteiger partial charge is 0.356 e. The zero-order valence-corrected chi connectivity index (χ0v) is 12.7. The van der Waals surface area contributed by atoms with E-state index in [1.165, 1.54) is 0 Å². The van der Waals surface area contributed by atoms with E-state index in [1.54, 1.807) is 36.5 Å². The number of carbonyl (C=O) groups is 2. The second kappa shape index (κ2) is 5.73. The maximum absolute atomic E-state index is 12.0. The number of benzene rings is 1. The molecule has 1 aliphatic rings. The van der Waals surface area contributed by atoms with Crippen LogP contribution in [0, 0.1) is 0 Å². The summed E-state index contributed by atoms with van der Waals surface area (Å²) in [4.78, 5) is 26.9. The van der Waals surface area contributed by atoms with Gasteiger partial charge in [-0.15, -0.1) is 0 Å². The van der Waals surface area contributed by atoms with E-state index in [2.05, 4.69) is 31.5 Å². The first-order chi connectivity index (χ1) is 10.1. The van der Waals surface area contributed by atoms with Crippen molar-refractivity contribution in [1.29, 1.82) is 0 Å². The van der Waals surface area contributed by atoms with Gasteiger partial charge in [-0.3, -0.25) is 9.59 Å². The molecule has 0 radical (unpaired) electrons. The molecule has 0 saturated heterocycles. The summed E-state index contributed by atoms with van der Waals surface area (Å²) in [5.74, 6) is -0.350. The third-order valence-electron chi connectivity index (χ3n) is 3.19. The first-order valence-corrected chi connectivity index (χ1v) is 7.47. The number of aromatic amines is 1. The van der Waals surface area contributed by atoms with Gasteiger partial charge in [-0.1, -0.05) is 6.07 Å². The van der Waals surface area contributed by atoms with Crippen LogP contribution < -0.4 is 10.6 Å². The van der Waals surface area contributed by atoms with Gasteiger partial charge in [0.25, 0.3) is 11.8 Å². The van der Waals surface area contributed by atoms with Crippen molar-refractivity contribution in [3.63, 3.8) is 0 Å². The first-order valence-electron chi connectivity index (χ1n) is 6.68. The molecule has 6 heteroatoms. The first kappa shape index (κ1) is 13.9. The molecule has 21 heavy (non-hydrogen) atoms. The summed E-state index contributed by atoms with van der Waals surface area (Å²) < 4.78 is 0.810. The highest BCUT2D eigenvalue weighted by Gasteiger charge is 2.23. The van der Waals surface area contributed by atoms with Gasteiger partial charge < -0.3 is 15.6 Å². The Bertz CT molecular complexity index is 692. The number of H-pyrrole nitrogens is 1. The van der Waals surface area contributed by atoms with Crippen molar-refractivity contribution in [1.82, 2.24) is 10.3 Å². The van der Waals surface area contributed by atoms with Gasteiger partial charge in [-0.2, -0.15) is 0 Å². The zero-order chi connectivity index (χ0) is 14.8. The van der Waals surface area contributed by atoms with Gasteiger partial charge in [0.15, 0.2) is 0 Å². The van der Waals surface area contributed by atoms with Crippen LogP contribution in [0.25, 0.3) is 0 Å². The normalized spacial score (nSPS) is 13.8. The van der Waals surface area contributed by atoms with Gasteiger partial charge in [0.1, 0.15) is 5.69 Å². The maximum atomic E-state index is 12.0. The molecule has 1 heterocycles. The van der Waals surface area contributed by atoms with Crippen LogP contribution in [0.1, 0.15) is 33.7 Å². The third-order valence-corrected chi connectivity index (χ3v) is 3.65. The summed E-state index contributed by atoms with van der Waals surface area (Å²) in [6.45, 7) is 0. The monoisotopic (exact) mass is 347 g/mol. The van der Waals surface area contributed by atoms with Crippen LogP contribution in [-0.4, -0.2) is 22.8 Å². The molecule has 1 aromatic heterocycles. The number of hydrogen-bond donors (Lipinski definition) is 3. The Kier molecular flexibility index (Phi) is 3.79. The van der Waals surface area contributed by atoms with Crippen LogP contribution in [0.5, 0.6) is 0 Å². The molecule has 0 spiro atoms. The maximum Gasteiger partial charge on any atom is 0.272 e. The summed E-state index contributed by atoms with van der Waals surface area (Å²) in [6.07, 6.45) is 3.78. The number of halogens is 1. The molecular formula is C15H14BrN3O2. The second-order valence-electron chi connectivity index (χ2n) is 5.01. The van der Waals surface area contributed by atoms with Crippen LogP contribution >= 0.6 is 15.9 Å². The molecule has 1 saturated carbocycles. The van der Waals surface area contributed by atoms with Crippen molar-refractivity contribution in [3.05, 3.63) is 52.3 Å². The van der Waals surface area contributed by atoms with Gasteiger partial charge in [0.05, 0.1) is 0 Å². The molecule has 1 aliphatic carbocycles. The number of aromatic nitrogens is 1. The summed E-state index contributed by atoms with van der Waals surface area (Å²) in [5.41, 5.74) is 1.59. The van der Waals surface area contributed by atoms with Gasteiger partial charge in [0.2, 0.25) is 0 Å². The van der Waals surface area contributed by atoms with E-state index in [4.69, 9.17) is 0 Å². The van der Waals surface area contributed by atoms with Crippen molar-refractivity contribution in [2.24, 2.45) is 0 Å². The van der Waals surface area contributed by atoms with Crippen LogP contribution in [0.15, 0.2) is 41.0 Å². The minimum Gasteiger partial charge on any atom is -0.356 e. The van der Waals surface area contributed by atoms with Crippen LogP contribution in [0.2, 0.25) is 0 Å². The summed E-state index contributed by atoms with van der Waals surface area (Å²) in [6, 6.07) is 8.92. The minimum absolute atomic E-state index is 0.101. The van der Waals surface area contributed by atoms with Crippen molar-refractivity contribution in [3.8, 4) is 0 Å². The lowest BCUT2D eigenvalue weighted by atomic mass is 10.2. The van der Waals surface area contributed by atoms with Crippen molar-refractivity contribution in [2.75, 3.05) is 5.32 Å². The van der Waals surface area contributed by atoms with Gasteiger partial charge >= 0.3 is 0 Å². The van der Waals surface area contributed by atoms with E-state index in [0.29, 0.717) is 23.0 Å². The highest BCUT2D eigenvalue weighted by Crippen LogP contribution is 2.20. The van der Waals surface area contributed by atoms with E-state index in [9.17, 15) is 9.59 Å². The standard InChI is InChI=1S/C15H14BrN3O2/c16-10-7-13(17-8-10)15(21)19-12-3-1-2-9(6-12)14(20)18-11-4-5-11/h1-3,6-8,11,17H,4-5H2,(H,18,20)(H,19,21). The molecule has 5 nitrogen and oxygen atoms in total. The molecule has 2 aromatic rings. The molecule has 1 fully saturated rings. The molecule has 0 bridgehead atoms. The fourth-order valence-corrected chi connectivity index (χ4v) is 2.28. The molecule has 3 N–H and O–H groups in total. The second-order valence-corrected chi connectivity index (χ2v) is 5.93. The highest BCUT2D eigenvalue weighted by atomic mass is 79.9. The fraction of sp³-hybridized carbons (Fsp3) is 0.200. The van der Waals surface area contributed by atoms with Crippen LogP contribution in [0.3, 0.4) is 0 Å². The molecule has 0 aliphatic heterocycles. The lowest BCUT2D eigenvalue weighted by molar-refractivity contribution is 0.0949. The predicted molar refractivity (Wildman–Crippen MR) is 83.4 cm³/mol. The number of nitrogens with one attached hydrogen (secondary N) is 3. The predicted octanol–water partition coefficient (Wildman–Crippen LogP) is 2.92. The lowest BCUT2D eigenvalue weighted by Crippen LogP contribution is -2.25. The average molecular weight is 348 g/mol. The third kappa shape index (κ3) is 3.52. The number of amides is 2. The average Bonchev–Trinajstić information content (AvgIpc) is 3.17. The van der Waals surface area contributed by atoms with E-state index in [0.717, 1.165) is 17.3 Å². The van der Waals surface area contributed by atoms with E-state index in [-0.39, 0.29) is 11.8 Å². The SMILES string of the molecule is O=C(NC1CC1)c1cccc(NC(=O)c2cc(Br)c[nH]2)c1. The summed E-state index contributed by atoms with van der Waals surface area (Å²) in [7, 11) is 0. The number of hydrogen-bond acceptors (Lipinski definition) is 2. The van der Waals surface area contributed by atoms with Gasteiger partial charge in [0, 0.05) is 28.0 Å². The van der Waals surface area contributed by atoms with Gasteiger partial charge in [-0.05, 0) is 53.0 Å². The Morgan fingerprint density at radius 1 is 1.19 bits per heavy atom. The summed E-state index contributed by atoms with van der Waals surface area (Å²) >= 11 is 3.28. The Balaban J connectivity index is 1.70. The fourth-order valence-electron chi connectivity index (χ4n) is 1.93. The number of carbonyl (C=O) groups excluding carboxylic acids is 2. The molecule has 2 amide bonds. The van der Waals surface area contributed by atoms with Crippen molar-refractivity contribution in [2.45, 2.75) is 18.9 Å². The Labute approximate surface area is 130 Å². The van der Waals surface area contributed by atoms with E-state index < -0.39 is 0 Å². The highest BCUT2D eigenvalue weighted by molar-refractivity contribution is 9.10. The Hall–Kier alpha value is -2.08. The van der Waals surface area contributed by atoms with Gasteiger partial charge in [-0.25, -0.2) is 0 Å². The van der Waals surface area contributed by atoms with Crippen molar-refractivity contribution >= 4 is 33.4 Å². The minimum atomic E-state index is -0.250. The molecule has 0 unspecified atom stereocenters. The number of anilines is 1. The summed E-state index contributed by atoms with van der Waals surface area (Å²) in [5, 5.41) is 5.69. The molecule has 1 aromatic carbocycles. The topological polar surface area (TPSA) is 74.0 Å². The smallest absolute Gasteiger partial charge is 0.272 e. The van der Waals surface area contributed by atoms with Crippen LogP contribution in [-0.2, 0) is 0 Å². The molecule has 0 atom stereocenters. The Morgan fingerprint density at radius 2 is 2.00 bits per heavy atom. The molecular weight excluding hydrogens is 334 g/mol.